The zero-order valence-corrected chi connectivity index (χ0v) is 15.4. The van der Waals surface area contributed by atoms with Crippen LogP contribution in [0.2, 0.25) is 0 Å². The fraction of sp³-hybridized carbons (Fsp3) is 0.0417. The zero-order chi connectivity index (χ0) is 20.2. The highest BCUT2D eigenvalue weighted by molar-refractivity contribution is 6.09. The third-order valence-corrected chi connectivity index (χ3v) is 4.60. The van der Waals surface area contributed by atoms with Crippen molar-refractivity contribution in [3.63, 3.8) is 0 Å². The lowest BCUT2D eigenvalue weighted by atomic mass is 10.00. The lowest BCUT2D eigenvalue weighted by molar-refractivity contribution is 0.0691. The lowest BCUT2D eigenvalue weighted by Crippen LogP contribution is -2.41. The number of ether oxygens (including phenoxy) is 1. The van der Waals surface area contributed by atoms with Gasteiger partial charge in [-0.1, -0.05) is 48.5 Å². The van der Waals surface area contributed by atoms with Gasteiger partial charge in [0.25, 0.3) is 5.91 Å². The Morgan fingerprint density at radius 3 is 2.07 bits per heavy atom. The number of hydrogen-bond donors (Lipinski definition) is 0. The van der Waals surface area contributed by atoms with Crippen LogP contribution in [0.5, 0.6) is 0 Å². The first kappa shape index (κ1) is 18.2. The third-order valence-electron chi connectivity index (χ3n) is 4.60. The van der Waals surface area contributed by atoms with E-state index in [1.165, 1.54) is 11.0 Å². The number of carbonyl (C=O) groups excluding carboxylic acids is 2. The van der Waals surface area contributed by atoms with Crippen LogP contribution in [0.15, 0.2) is 91.0 Å². The molecule has 1 aliphatic heterocycles. The van der Waals surface area contributed by atoms with E-state index in [1.54, 1.807) is 72.8 Å². The van der Waals surface area contributed by atoms with E-state index in [0.717, 1.165) is 0 Å². The summed E-state index contributed by atoms with van der Waals surface area (Å²) < 4.78 is 5.60. The Kier molecular flexibility index (Phi) is 4.91. The summed E-state index contributed by atoms with van der Waals surface area (Å²) in [5.41, 5.74) is 1.97. The maximum atomic E-state index is 13.1. The normalized spacial score (nSPS) is 14.9. The number of carbonyl (C=O) groups is 2. The molecule has 1 unspecified atom stereocenters. The minimum Gasteiger partial charge on any atom is -0.422 e. The Bertz CT molecular complexity index is 1130. The van der Waals surface area contributed by atoms with Gasteiger partial charge in [-0.05, 0) is 42.5 Å². The van der Waals surface area contributed by atoms with Gasteiger partial charge in [-0.2, -0.15) is 5.26 Å². The van der Waals surface area contributed by atoms with Crippen LogP contribution in [-0.2, 0) is 4.74 Å². The van der Waals surface area contributed by atoms with Crippen LogP contribution >= 0.6 is 0 Å². The van der Waals surface area contributed by atoms with Gasteiger partial charge >= 0.3 is 5.97 Å². The summed E-state index contributed by atoms with van der Waals surface area (Å²) in [5, 5.41) is 9.72. The van der Waals surface area contributed by atoms with Gasteiger partial charge in [-0.15, -0.1) is 0 Å². The molecular weight excluding hydrogens is 364 g/mol. The Morgan fingerprint density at radius 2 is 1.41 bits per heavy atom. The van der Waals surface area contributed by atoms with Gasteiger partial charge < -0.3 is 4.74 Å². The van der Waals surface area contributed by atoms with Gasteiger partial charge in [0.2, 0.25) is 0 Å². The maximum absolute atomic E-state index is 13.1. The molecule has 5 nitrogen and oxygen atoms in total. The molecule has 3 aromatic carbocycles. The van der Waals surface area contributed by atoms with Crippen molar-refractivity contribution in [1.82, 2.24) is 0 Å². The minimum absolute atomic E-state index is 0.262. The van der Waals surface area contributed by atoms with Crippen LogP contribution in [0.25, 0.3) is 5.76 Å². The fourth-order valence-corrected chi connectivity index (χ4v) is 3.22. The van der Waals surface area contributed by atoms with Gasteiger partial charge in [-0.3, -0.25) is 9.69 Å². The van der Waals surface area contributed by atoms with E-state index in [1.807, 2.05) is 12.1 Å². The predicted molar refractivity (Wildman–Crippen MR) is 109 cm³/mol. The fourth-order valence-electron chi connectivity index (χ4n) is 3.22. The predicted octanol–water partition coefficient (Wildman–Crippen LogP) is 4.44. The summed E-state index contributed by atoms with van der Waals surface area (Å²) in [4.78, 5) is 27.1. The molecule has 0 saturated heterocycles. The molecule has 29 heavy (non-hydrogen) atoms. The number of nitrogens with zero attached hydrogens (tertiary/aromatic N) is 2. The number of amides is 1. The van der Waals surface area contributed by atoms with Crippen molar-refractivity contribution in [3.05, 3.63) is 108 Å². The summed E-state index contributed by atoms with van der Waals surface area (Å²) >= 11 is 0. The molecule has 0 fully saturated rings. The van der Waals surface area contributed by atoms with Crippen molar-refractivity contribution in [1.29, 1.82) is 5.26 Å². The summed E-state index contributed by atoms with van der Waals surface area (Å²) in [6.07, 6.45) is 1.50. The van der Waals surface area contributed by atoms with Crippen molar-refractivity contribution in [2.75, 3.05) is 4.90 Å². The smallest absolute Gasteiger partial charge is 0.343 e. The highest BCUT2D eigenvalue weighted by atomic mass is 16.5. The van der Waals surface area contributed by atoms with Crippen molar-refractivity contribution < 1.29 is 14.3 Å². The maximum Gasteiger partial charge on any atom is 0.343 e. The topological polar surface area (TPSA) is 70.4 Å². The lowest BCUT2D eigenvalue weighted by Gasteiger charge is -2.32. The van der Waals surface area contributed by atoms with E-state index in [9.17, 15) is 14.9 Å². The van der Waals surface area contributed by atoms with E-state index in [4.69, 9.17) is 4.74 Å². The first-order valence-electron chi connectivity index (χ1n) is 9.05. The van der Waals surface area contributed by atoms with Crippen LogP contribution < -0.4 is 4.90 Å². The molecule has 0 spiro atoms. The van der Waals surface area contributed by atoms with E-state index in [2.05, 4.69) is 6.07 Å². The first-order chi connectivity index (χ1) is 14.2. The molecule has 0 radical (unpaired) electrons. The standard InChI is InChI=1S/C24H16N2O3/c25-16-19-15-22(29-24(28)18-11-5-2-6-12-18)20-13-7-8-14-21(20)26(19)23(27)17-9-3-1-4-10-17/h1-15,19H. The Balaban J connectivity index is 1.73. The Labute approximate surface area is 168 Å². The van der Waals surface area contributed by atoms with Gasteiger partial charge in [0.1, 0.15) is 11.8 Å². The molecule has 0 N–H and O–H groups in total. The second-order valence-corrected chi connectivity index (χ2v) is 6.42. The second-order valence-electron chi connectivity index (χ2n) is 6.42. The molecule has 0 saturated carbocycles. The molecule has 4 rings (SSSR count). The van der Waals surface area contributed by atoms with Gasteiger partial charge in [0, 0.05) is 11.1 Å². The van der Waals surface area contributed by atoms with Gasteiger partial charge in [0.15, 0.2) is 0 Å². The van der Waals surface area contributed by atoms with Crippen molar-refractivity contribution in [3.8, 4) is 6.07 Å². The molecule has 140 valence electrons. The molecule has 0 aliphatic carbocycles. The molecular formula is C24H16N2O3. The molecule has 0 aromatic heterocycles. The number of esters is 1. The van der Waals surface area contributed by atoms with Crippen molar-refractivity contribution >= 4 is 23.3 Å². The van der Waals surface area contributed by atoms with E-state index in [0.29, 0.717) is 22.4 Å². The highest BCUT2D eigenvalue weighted by Gasteiger charge is 2.33. The molecule has 3 aromatic rings. The van der Waals surface area contributed by atoms with E-state index < -0.39 is 12.0 Å². The molecule has 1 aliphatic rings. The van der Waals surface area contributed by atoms with Crippen LogP contribution in [-0.4, -0.2) is 17.9 Å². The monoisotopic (exact) mass is 380 g/mol. The highest BCUT2D eigenvalue weighted by Crippen LogP contribution is 2.36. The third kappa shape index (κ3) is 3.52. The number of anilines is 1. The summed E-state index contributed by atoms with van der Waals surface area (Å²) in [6, 6.07) is 25.7. The van der Waals surface area contributed by atoms with Crippen LogP contribution in [0.1, 0.15) is 26.3 Å². The minimum atomic E-state index is -0.906. The van der Waals surface area contributed by atoms with Crippen molar-refractivity contribution in [2.24, 2.45) is 0 Å². The average Bonchev–Trinajstić information content (AvgIpc) is 2.79. The van der Waals surface area contributed by atoms with Crippen molar-refractivity contribution in [2.45, 2.75) is 6.04 Å². The number of para-hydroxylation sites is 1. The number of rotatable bonds is 3. The first-order valence-corrected chi connectivity index (χ1v) is 9.05. The van der Waals surface area contributed by atoms with Crippen LogP contribution in [0.4, 0.5) is 5.69 Å². The van der Waals surface area contributed by atoms with Crippen LogP contribution in [0, 0.1) is 11.3 Å². The largest absolute Gasteiger partial charge is 0.422 e. The van der Waals surface area contributed by atoms with Gasteiger partial charge in [0.05, 0.1) is 17.3 Å². The molecule has 1 heterocycles. The summed E-state index contributed by atoms with van der Waals surface area (Å²) in [7, 11) is 0. The number of benzene rings is 3. The van der Waals surface area contributed by atoms with Gasteiger partial charge in [-0.25, -0.2) is 4.79 Å². The second kappa shape index (κ2) is 7.83. The molecule has 1 amide bonds. The number of nitriles is 1. The zero-order valence-electron chi connectivity index (χ0n) is 15.4. The van der Waals surface area contributed by atoms with E-state index in [-0.39, 0.29) is 11.7 Å². The quantitative estimate of drug-likeness (QED) is 0.630. The molecule has 5 heteroatoms. The van der Waals surface area contributed by atoms with Crippen LogP contribution in [0.3, 0.4) is 0 Å². The summed E-state index contributed by atoms with van der Waals surface area (Å²) in [5.74, 6) is -0.557. The summed E-state index contributed by atoms with van der Waals surface area (Å²) in [6.45, 7) is 0. The number of hydrogen-bond acceptors (Lipinski definition) is 4. The Morgan fingerprint density at radius 1 is 0.828 bits per heavy atom. The average molecular weight is 380 g/mol. The SMILES string of the molecule is N#CC1C=C(OC(=O)c2ccccc2)c2ccccc2N1C(=O)c1ccccc1. The number of fused-ring (bicyclic) bond motifs is 1. The molecule has 1 atom stereocenters. The van der Waals surface area contributed by atoms with E-state index >= 15 is 0 Å². The Hall–Kier alpha value is -4.17. The molecule has 0 bridgehead atoms.